The van der Waals surface area contributed by atoms with Gasteiger partial charge in [0.25, 0.3) is 0 Å². The van der Waals surface area contributed by atoms with Gasteiger partial charge in [0.15, 0.2) is 17.1 Å². The Bertz CT molecular complexity index is 957. The van der Waals surface area contributed by atoms with Crippen molar-refractivity contribution in [2.45, 2.75) is 25.4 Å². The molecule has 0 saturated carbocycles. The summed E-state index contributed by atoms with van der Waals surface area (Å²) in [6.07, 6.45) is 4.47. The molecule has 0 unspecified atom stereocenters. The van der Waals surface area contributed by atoms with Gasteiger partial charge < -0.3 is 15.2 Å². The van der Waals surface area contributed by atoms with Crippen molar-refractivity contribution in [3.63, 3.8) is 0 Å². The Morgan fingerprint density at radius 1 is 1.18 bits per heavy atom. The molecule has 3 heterocycles. The maximum absolute atomic E-state index is 5.73. The highest BCUT2D eigenvalue weighted by molar-refractivity contribution is 5.73. The summed E-state index contributed by atoms with van der Waals surface area (Å²) in [6.45, 7) is 3.90. The molecule has 2 aromatic heterocycles. The van der Waals surface area contributed by atoms with Crippen molar-refractivity contribution in [2.24, 2.45) is 5.73 Å². The van der Waals surface area contributed by atoms with Crippen molar-refractivity contribution in [1.29, 1.82) is 0 Å². The number of benzene rings is 1. The van der Waals surface area contributed by atoms with E-state index in [1.807, 2.05) is 16.8 Å². The second-order valence-corrected chi connectivity index (χ2v) is 7.00. The van der Waals surface area contributed by atoms with Crippen LogP contribution in [-0.2, 0) is 13.1 Å². The number of nitrogens with two attached hydrogens (primary N) is 1. The van der Waals surface area contributed by atoms with Crippen LogP contribution in [0.5, 0.6) is 11.5 Å². The molecule has 0 amide bonds. The van der Waals surface area contributed by atoms with E-state index in [0.29, 0.717) is 19.0 Å². The number of hydrogen-bond donors (Lipinski definition) is 1. The number of nitrogens with zero attached hydrogens (tertiary/aromatic N) is 5. The van der Waals surface area contributed by atoms with Gasteiger partial charge in [-0.25, -0.2) is 14.6 Å². The van der Waals surface area contributed by atoms with Gasteiger partial charge in [-0.3, -0.25) is 4.90 Å². The topological polar surface area (TPSA) is 91.3 Å². The Balaban J connectivity index is 1.55. The number of hydrogen-bond acceptors (Lipinski definition) is 7. The first-order valence-electron chi connectivity index (χ1n) is 9.54. The molecular formula is C20H26N6O2. The maximum Gasteiger partial charge on any atom is 0.177 e. The van der Waals surface area contributed by atoms with Crippen LogP contribution in [0.3, 0.4) is 0 Å². The summed E-state index contributed by atoms with van der Waals surface area (Å²) in [5, 5.41) is 4.80. The first-order chi connectivity index (χ1) is 13.7. The van der Waals surface area contributed by atoms with Crippen molar-refractivity contribution >= 4 is 11.2 Å². The molecule has 8 heteroatoms. The molecule has 1 aliphatic heterocycles. The summed E-state index contributed by atoms with van der Waals surface area (Å²) in [4.78, 5) is 11.4. The SMILES string of the molecule is COc1cccc(CN2CC[C@@H](c3nn(CCN)c4nccnc34)C2)c1OC. The minimum Gasteiger partial charge on any atom is -0.493 e. The molecule has 1 atom stereocenters. The lowest BCUT2D eigenvalue weighted by molar-refractivity contribution is 0.308. The fourth-order valence-electron chi connectivity index (χ4n) is 4.00. The van der Waals surface area contributed by atoms with Gasteiger partial charge in [0.2, 0.25) is 0 Å². The third-order valence-corrected chi connectivity index (χ3v) is 5.27. The van der Waals surface area contributed by atoms with Crippen molar-refractivity contribution in [3.05, 3.63) is 41.9 Å². The summed E-state index contributed by atoms with van der Waals surface area (Å²) in [7, 11) is 3.35. The molecule has 148 valence electrons. The minimum atomic E-state index is 0.329. The molecule has 8 nitrogen and oxygen atoms in total. The highest BCUT2D eigenvalue weighted by atomic mass is 16.5. The Morgan fingerprint density at radius 2 is 2.04 bits per heavy atom. The predicted octanol–water partition coefficient (Wildman–Crippen LogP) is 1.79. The van der Waals surface area contributed by atoms with Crippen LogP contribution in [0.4, 0.5) is 0 Å². The summed E-state index contributed by atoms with van der Waals surface area (Å²) in [6, 6.07) is 6.01. The van der Waals surface area contributed by atoms with Gasteiger partial charge in [-0.1, -0.05) is 12.1 Å². The summed E-state index contributed by atoms with van der Waals surface area (Å²) < 4.78 is 12.9. The Labute approximate surface area is 164 Å². The van der Waals surface area contributed by atoms with Gasteiger partial charge in [0, 0.05) is 43.5 Å². The van der Waals surface area contributed by atoms with Crippen molar-refractivity contribution in [2.75, 3.05) is 33.9 Å². The third kappa shape index (κ3) is 3.41. The standard InChI is InChI=1S/C20H26N6O2/c1-27-16-5-3-4-15(19(16)28-2)13-25-10-6-14(12-25)17-18-20(23-9-8-22-18)26(24-17)11-7-21/h3-5,8-9,14H,6-7,10-13,21H2,1-2H3/t14-/m1/s1. The molecule has 1 aromatic carbocycles. The van der Waals surface area contributed by atoms with Crippen molar-refractivity contribution in [1.82, 2.24) is 24.6 Å². The lowest BCUT2D eigenvalue weighted by Gasteiger charge is -2.19. The van der Waals surface area contributed by atoms with Gasteiger partial charge >= 0.3 is 0 Å². The lowest BCUT2D eigenvalue weighted by atomic mass is 10.0. The highest BCUT2D eigenvalue weighted by Gasteiger charge is 2.29. The Hall–Kier alpha value is -2.71. The lowest BCUT2D eigenvalue weighted by Crippen LogP contribution is -2.20. The molecule has 0 bridgehead atoms. The van der Waals surface area contributed by atoms with E-state index in [1.54, 1.807) is 26.6 Å². The van der Waals surface area contributed by atoms with E-state index in [2.05, 4.69) is 20.9 Å². The molecule has 2 N–H and O–H groups in total. The fraction of sp³-hybridized carbons (Fsp3) is 0.450. The minimum absolute atomic E-state index is 0.329. The molecule has 1 aliphatic rings. The van der Waals surface area contributed by atoms with Crippen molar-refractivity contribution < 1.29 is 9.47 Å². The quantitative estimate of drug-likeness (QED) is 0.666. The largest absolute Gasteiger partial charge is 0.493 e. The molecule has 0 aliphatic carbocycles. The van der Waals surface area contributed by atoms with Crippen molar-refractivity contribution in [3.8, 4) is 11.5 Å². The fourth-order valence-corrected chi connectivity index (χ4v) is 4.00. The molecule has 0 spiro atoms. The first kappa shape index (κ1) is 18.6. The van der Waals surface area contributed by atoms with E-state index >= 15 is 0 Å². The van der Waals surface area contributed by atoms with E-state index in [-0.39, 0.29) is 0 Å². The molecule has 28 heavy (non-hydrogen) atoms. The molecule has 3 aromatic rings. The normalized spacial score (nSPS) is 17.3. The van der Waals surface area contributed by atoms with Crippen LogP contribution in [0.1, 0.15) is 23.6 Å². The average molecular weight is 382 g/mol. The first-order valence-corrected chi connectivity index (χ1v) is 9.54. The third-order valence-electron chi connectivity index (χ3n) is 5.27. The second-order valence-electron chi connectivity index (χ2n) is 7.00. The van der Waals surface area contributed by atoms with E-state index in [4.69, 9.17) is 20.3 Å². The Kier molecular flexibility index (Phi) is 5.40. The molecule has 1 fully saturated rings. The summed E-state index contributed by atoms with van der Waals surface area (Å²) in [5.41, 5.74) is 9.59. The number of ether oxygens (including phenoxy) is 2. The van der Waals surface area contributed by atoms with Gasteiger partial charge in [0.05, 0.1) is 26.5 Å². The zero-order valence-electron chi connectivity index (χ0n) is 16.3. The highest BCUT2D eigenvalue weighted by Crippen LogP contribution is 2.35. The predicted molar refractivity (Wildman–Crippen MR) is 107 cm³/mol. The zero-order chi connectivity index (χ0) is 19.5. The van der Waals surface area contributed by atoms with Crippen LogP contribution >= 0.6 is 0 Å². The number of aromatic nitrogens is 4. The van der Waals surface area contributed by atoms with Crippen LogP contribution < -0.4 is 15.2 Å². The smallest absolute Gasteiger partial charge is 0.177 e. The van der Waals surface area contributed by atoms with E-state index in [9.17, 15) is 0 Å². The van der Waals surface area contributed by atoms with Crippen LogP contribution in [-0.4, -0.2) is 58.5 Å². The number of methoxy groups -OCH3 is 2. The summed E-state index contributed by atoms with van der Waals surface area (Å²) >= 11 is 0. The average Bonchev–Trinajstić information content (AvgIpc) is 3.33. The van der Waals surface area contributed by atoms with Crippen LogP contribution in [0.25, 0.3) is 11.2 Å². The van der Waals surface area contributed by atoms with E-state index in [0.717, 1.165) is 60.0 Å². The molecule has 1 saturated heterocycles. The molecule has 4 rings (SSSR count). The van der Waals surface area contributed by atoms with Crippen LogP contribution in [0.15, 0.2) is 30.6 Å². The van der Waals surface area contributed by atoms with Gasteiger partial charge in [0.1, 0.15) is 5.52 Å². The van der Waals surface area contributed by atoms with Gasteiger partial charge in [-0.2, -0.15) is 5.10 Å². The van der Waals surface area contributed by atoms with E-state index < -0.39 is 0 Å². The monoisotopic (exact) mass is 382 g/mol. The van der Waals surface area contributed by atoms with E-state index in [1.165, 1.54) is 0 Å². The van der Waals surface area contributed by atoms with Gasteiger partial charge in [-0.05, 0) is 19.0 Å². The van der Waals surface area contributed by atoms with Crippen LogP contribution in [0.2, 0.25) is 0 Å². The summed E-state index contributed by atoms with van der Waals surface area (Å²) in [5.74, 6) is 1.89. The second kappa shape index (κ2) is 8.12. The number of para-hydroxylation sites is 1. The van der Waals surface area contributed by atoms with Gasteiger partial charge in [-0.15, -0.1) is 0 Å². The molecular weight excluding hydrogens is 356 g/mol. The van der Waals surface area contributed by atoms with Crippen LogP contribution in [0, 0.1) is 0 Å². The number of rotatable bonds is 7. The number of likely N-dealkylation sites (tertiary alicyclic amines) is 1. The maximum atomic E-state index is 5.73. The number of fused-ring (bicyclic) bond motifs is 1. The Morgan fingerprint density at radius 3 is 2.82 bits per heavy atom. The molecule has 0 radical (unpaired) electrons. The zero-order valence-corrected chi connectivity index (χ0v) is 16.3.